The van der Waals surface area contributed by atoms with E-state index in [2.05, 4.69) is 11.4 Å². The van der Waals surface area contributed by atoms with Crippen LogP contribution in [0.15, 0.2) is 83.9 Å². The molecule has 0 saturated heterocycles. The van der Waals surface area contributed by atoms with Crippen molar-refractivity contribution in [1.29, 1.82) is 5.26 Å². The van der Waals surface area contributed by atoms with Crippen LogP contribution in [0.2, 0.25) is 0 Å². The lowest BCUT2D eigenvalue weighted by molar-refractivity contribution is -0.115. The van der Waals surface area contributed by atoms with E-state index >= 15 is 0 Å². The standard InChI is InChI=1S/C31H27N3O5S/c1-4-27(29(35)33-21-13-8-12-20(16-21)31(36)37)40-30-24(18-32)23(17-25(34-30)19-10-6-5-7-11-19)22-14-9-15-26(38-2)28(22)39-3/h5-17,27H,4H2,1-3H3,(H,33,35)(H,36,37). The highest BCUT2D eigenvalue weighted by Gasteiger charge is 2.25. The summed E-state index contributed by atoms with van der Waals surface area (Å²) in [6, 6.07) is 25.2. The van der Waals surface area contributed by atoms with Crippen molar-refractivity contribution in [3.63, 3.8) is 0 Å². The lowest BCUT2D eigenvalue weighted by atomic mass is 9.98. The van der Waals surface area contributed by atoms with E-state index in [0.29, 0.717) is 51.0 Å². The molecule has 4 aromatic rings. The Kier molecular flexibility index (Phi) is 9.04. The summed E-state index contributed by atoms with van der Waals surface area (Å²) in [4.78, 5) is 29.5. The highest BCUT2D eigenvalue weighted by Crippen LogP contribution is 2.43. The van der Waals surface area contributed by atoms with Gasteiger partial charge in [-0.3, -0.25) is 4.79 Å². The first-order valence-electron chi connectivity index (χ1n) is 12.4. The topological polar surface area (TPSA) is 122 Å². The van der Waals surface area contributed by atoms with Gasteiger partial charge in [-0.25, -0.2) is 9.78 Å². The van der Waals surface area contributed by atoms with Gasteiger partial charge in [0.1, 0.15) is 11.1 Å². The van der Waals surface area contributed by atoms with Crippen molar-refractivity contribution >= 4 is 29.3 Å². The summed E-state index contributed by atoms with van der Waals surface area (Å²) in [7, 11) is 3.09. The Labute approximate surface area is 236 Å². The van der Waals surface area contributed by atoms with Gasteiger partial charge in [0.2, 0.25) is 5.91 Å². The number of aromatic nitrogens is 1. The van der Waals surface area contributed by atoms with Crippen molar-refractivity contribution < 1.29 is 24.2 Å². The Morgan fingerprint density at radius 3 is 2.40 bits per heavy atom. The molecule has 0 bridgehead atoms. The van der Waals surface area contributed by atoms with Gasteiger partial charge in [-0.05, 0) is 36.8 Å². The van der Waals surface area contributed by atoms with Crippen LogP contribution < -0.4 is 14.8 Å². The van der Waals surface area contributed by atoms with Crippen molar-refractivity contribution in [3.8, 4) is 40.0 Å². The molecular weight excluding hydrogens is 526 g/mol. The molecule has 1 amide bonds. The van der Waals surface area contributed by atoms with E-state index in [1.54, 1.807) is 32.4 Å². The number of anilines is 1. The Hall–Kier alpha value is -4.81. The summed E-state index contributed by atoms with van der Waals surface area (Å²) in [6.07, 6.45) is 0.440. The average molecular weight is 554 g/mol. The number of nitriles is 1. The van der Waals surface area contributed by atoms with Crippen LogP contribution in [-0.2, 0) is 4.79 Å². The Balaban J connectivity index is 1.80. The maximum Gasteiger partial charge on any atom is 0.335 e. The third-order valence-electron chi connectivity index (χ3n) is 6.15. The number of nitrogens with one attached hydrogen (secondary N) is 1. The summed E-state index contributed by atoms with van der Waals surface area (Å²) < 4.78 is 11.2. The van der Waals surface area contributed by atoms with Crippen LogP contribution >= 0.6 is 11.8 Å². The largest absolute Gasteiger partial charge is 0.493 e. The first-order chi connectivity index (χ1) is 19.4. The minimum atomic E-state index is -1.08. The summed E-state index contributed by atoms with van der Waals surface area (Å²) >= 11 is 1.18. The number of hydrogen-bond acceptors (Lipinski definition) is 7. The van der Waals surface area contributed by atoms with Gasteiger partial charge in [0.25, 0.3) is 0 Å². The molecule has 0 radical (unpaired) electrons. The number of ether oxygens (including phenoxy) is 2. The molecule has 0 aliphatic heterocycles. The minimum Gasteiger partial charge on any atom is -0.493 e. The second-order valence-corrected chi connectivity index (χ2v) is 9.84. The molecule has 0 aliphatic rings. The smallest absolute Gasteiger partial charge is 0.335 e. The van der Waals surface area contributed by atoms with Crippen molar-refractivity contribution in [2.24, 2.45) is 0 Å². The number of thioether (sulfide) groups is 1. The molecule has 2 N–H and O–H groups in total. The number of aromatic carboxylic acids is 1. The van der Waals surface area contributed by atoms with E-state index < -0.39 is 11.2 Å². The average Bonchev–Trinajstić information content (AvgIpc) is 2.99. The number of carboxylic acid groups (broad SMARTS) is 1. The first-order valence-corrected chi connectivity index (χ1v) is 13.3. The first kappa shape index (κ1) is 28.2. The number of carbonyl (C=O) groups excluding carboxylic acids is 1. The zero-order valence-electron chi connectivity index (χ0n) is 22.2. The minimum absolute atomic E-state index is 0.0689. The maximum atomic E-state index is 13.3. The highest BCUT2D eigenvalue weighted by molar-refractivity contribution is 8.00. The summed E-state index contributed by atoms with van der Waals surface area (Å²) in [6.45, 7) is 1.87. The van der Waals surface area contributed by atoms with E-state index in [0.717, 1.165) is 5.56 Å². The van der Waals surface area contributed by atoms with Gasteiger partial charge in [-0.15, -0.1) is 0 Å². The molecule has 1 unspecified atom stereocenters. The molecule has 0 aliphatic carbocycles. The molecule has 4 rings (SSSR count). The van der Waals surface area contributed by atoms with E-state index in [4.69, 9.17) is 14.5 Å². The normalized spacial score (nSPS) is 11.2. The summed E-state index contributed by atoms with van der Waals surface area (Å²) in [5.74, 6) is -0.415. The van der Waals surface area contributed by atoms with Crippen LogP contribution in [-0.4, -0.2) is 41.4 Å². The van der Waals surface area contributed by atoms with E-state index in [1.807, 2.05) is 55.5 Å². The number of rotatable bonds is 10. The number of nitrogens with zero attached hydrogens (tertiary/aromatic N) is 2. The van der Waals surface area contributed by atoms with Gasteiger partial charge in [0.15, 0.2) is 11.5 Å². The van der Waals surface area contributed by atoms with Crippen molar-refractivity contribution in [2.75, 3.05) is 19.5 Å². The van der Waals surface area contributed by atoms with E-state index in [-0.39, 0.29) is 11.5 Å². The lowest BCUT2D eigenvalue weighted by Gasteiger charge is -2.19. The number of para-hydroxylation sites is 1. The van der Waals surface area contributed by atoms with E-state index in [1.165, 1.54) is 23.9 Å². The van der Waals surface area contributed by atoms with Crippen LogP contribution in [0, 0.1) is 11.3 Å². The highest BCUT2D eigenvalue weighted by atomic mass is 32.2. The molecule has 202 valence electrons. The molecule has 8 nitrogen and oxygen atoms in total. The Bertz CT molecular complexity index is 1580. The van der Waals surface area contributed by atoms with Gasteiger partial charge >= 0.3 is 5.97 Å². The molecular formula is C31H27N3O5S. The molecule has 0 spiro atoms. The molecule has 0 fully saturated rings. The van der Waals surface area contributed by atoms with Gasteiger partial charge in [-0.2, -0.15) is 5.26 Å². The molecule has 1 heterocycles. The maximum absolute atomic E-state index is 13.3. The number of amides is 1. The molecule has 9 heteroatoms. The zero-order valence-corrected chi connectivity index (χ0v) is 23.0. The third kappa shape index (κ3) is 6.08. The number of carbonyl (C=O) groups is 2. The van der Waals surface area contributed by atoms with Crippen molar-refractivity contribution in [1.82, 2.24) is 4.98 Å². The van der Waals surface area contributed by atoms with Crippen LogP contribution in [0.1, 0.15) is 29.3 Å². The van der Waals surface area contributed by atoms with Crippen LogP contribution in [0.5, 0.6) is 11.5 Å². The van der Waals surface area contributed by atoms with Crippen molar-refractivity contribution in [3.05, 3.63) is 90.0 Å². The zero-order chi connectivity index (χ0) is 28.6. The van der Waals surface area contributed by atoms with E-state index in [9.17, 15) is 20.0 Å². The second-order valence-electron chi connectivity index (χ2n) is 8.64. The molecule has 1 aromatic heterocycles. The fourth-order valence-corrected chi connectivity index (χ4v) is 5.22. The number of benzene rings is 3. The van der Waals surface area contributed by atoms with Gasteiger partial charge in [0.05, 0.1) is 36.3 Å². The number of hydrogen-bond donors (Lipinski definition) is 2. The molecule has 40 heavy (non-hydrogen) atoms. The quantitative estimate of drug-likeness (QED) is 0.213. The summed E-state index contributed by atoms with van der Waals surface area (Å²) in [5, 5.41) is 22.2. The van der Waals surface area contributed by atoms with Gasteiger partial charge in [0, 0.05) is 22.4 Å². The van der Waals surface area contributed by atoms with Crippen molar-refractivity contribution in [2.45, 2.75) is 23.6 Å². The van der Waals surface area contributed by atoms with Crippen LogP contribution in [0.4, 0.5) is 5.69 Å². The third-order valence-corrected chi connectivity index (χ3v) is 7.51. The fraction of sp³-hybridized carbons (Fsp3) is 0.161. The Morgan fingerprint density at radius 1 is 1.00 bits per heavy atom. The number of pyridine rings is 1. The predicted molar refractivity (Wildman–Crippen MR) is 155 cm³/mol. The fourth-order valence-electron chi connectivity index (χ4n) is 4.19. The molecule has 0 saturated carbocycles. The number of carboxylic acids is 1. The summed E-state index contributed by atoms with van der Waals surface area (Å²) in [5.41, 5.74) is 3.47. The monoisotopic (exact) mass is 553 g/mol. The van der Waals surface area contributed by atoms with Gasteiger partial charge < -0.3 is 19.9 Å². The Morgan fingerprint density at radius 2 is 1.75 bits per heavy atom. The van der Waals surface area contributed by atoms with Crippen LogP contribution in [0.25, 0.3) is 22.4 Å². The number of methoxy groups -OCH3 is 2. The van der Waals surface area contributed by atoms with Gasteiger partial charge in [-0.1, -0.05) is 67.2 Å². The SMILES string of the molecule is CCC(Sc1nc(-c2ccccc2)cc(-c2cccc(OC)c2OC)c1C#N)C(=O)Nc1cccc(C(=O)O)c1. The lowest BCUT2D eigenvalue weighted by Crippen LogP contribution is -2.25. The molecule has 1 atom stereocenters. The predicted octanol–water partition coefficient (Wildman–Crippen LogP) is 6.51. The van der Waals surface area contributed by atoms with Crippen LogP contribution in [0.3, 0.4) is 0 Å². The second kappa shape index (κ2) is 12.8. The molecule has 3 aromatic carbocycles.